The van der Waals surface area contributed by atoms with Gasteiger partial charge in [0.05, 0.1) is 12.7 Å². The van der Waals surface area contributed by atoms with Crippen LogP contribution in [0.5, 0.6) is 5.75 Å². The normalized spacial score (nSPS) is 28.4. The maximum atomic E-state index is 13.4. The highest BCUT2D eigenvalue weighted by Gasteiger charge is 2.43. The molecule has 0 amide bonds. The Morgan fingerprint density at radius 3 is 2.94 bits per heavy atom. The molecular formula is C14H19FO2. The molecule has 0 aromatic heterocycles. The number of rotatable bonds is 3. The first-order chi connectivity index (χ1) is 8.11. The van der Waals surface area contributed by atoms with Gasteiger partial charge in [0.1, 0.15) is 11.6 Å². The van der Waals surface area contributed by atoms with Gasteiger partial charge in [-0.05, 0) is 43.4 Å². The standard InChI is InChI=1S/C14H19FO2/c1-3-10-5-4-8-14(10,16)12-9-11(15)6-7-13(12)17-2/h6-7,9-10,16H,3-5,8H2,1-2H3. The Labute approximate surface area is 101 Å². The summed E-state index contributed by atoms with van der Waals surface area (Å²) in [5.41, 5.74) is -0.327. The zero-order chi connectivity index (χ0) is 12.5. The molecule has 1 aromatic carbocycles. The van der Waals surface area contributed by atoms with Crippen molar-refractivity contribution in [1.82, 2.24) is 0 Å². The molecule has 0 radical (unpaired) electrons. The average Bonchev–Trinajstić information content (AvgIpc) is 2.71. The van der Waals surface area contributed by atoms with Crippen LogP contribution in [0, 0.1) is 11.7 Å². The molecule has 0 spiro atoms. The van der Waals surface area contributed by atoms with Crippen molar-refractivity contribution < 1.29 is 14.2 Å². The molecule has 3 heteroatoms. The molecule has 0 aliphatic heterocycles. The molecule has 2 rings (SSSR count). The van der Waals surface area contributed by atoms with Crippen molar-refractivity contribution in [1.29, 1.82) is 0 Å². The van der Waals surface area contributed by atoms with Crippen molar-refractivity contribution in [3.05, 3.63) is 29.6 Å². The van der Waals surface area contributed by atoms with E-state index in [0.29, 0.717) is 17.7 Å². The van der Waals surface area contributed by atoms with Crippen LogP contribution in [-0.4, -0.2) is 12.2 Å². The summed E-state index contributed by atoms with van der Waals surface area (Å²) in [4.78, 5) is 0. The quantitative estimate of drug-likeness (QED) is 0.876. The number of ether oxygens (including phenoxy) is 1. The molecule has 2 nitrogen and oxygen atoms in total. The average molecular weight is 238 g/mol. The van der Waals surface area contributed by atoms with Crippen LogP contribution in [-0.2, 0) is 5.60 Å². The summed E-state index contributed by atoms with van der Waals surface area (Å²) >= 11 is 0. The molecule has 2 atom stereocenters. The molecular weight excluding hydrogens is 219 g/mol. The Bertz CT molecular complexity index is 405. The predicted molar refractivity (Wildman–Crippen MR) is 64.5 cm³/mol. The second-order valence-corrected chi connectivity index (χ2v) is 4.77. The van der Waals surface area contributed by atoms with Gasteiger partial charge < -0.3 is 9.84 Å². The zero-order valence-corrected chi connectivity index (χ0v) is 10.4. The van der Waals surface area contributed by atoms with Gasteiger partial charge in [-0.3, -0.25) is 0 Å². The third-order valence-corrected chi connectivity index (χ3v) is 3.91. The van der Waals surface area contributed by atoms with E-state index in [2.05, 4.69) is 6.92 Å². The van der Waals surface area contributed by atoms with Gasteiger partial charge in [-0.15, -0.1) is 0 Å². The molecule has 17 heavy (non-hydrogen) atoms. The molecule has 1 aliphatic rings. The molecule has 1 fully saturated rings. The number of halogens is 1. The molecule has 94 valence electrons. The van der Waals surface area contributed by atoms with E-state index in [0.717, 1.165) is 19.3 Å². The molecule has 1 N–H and O–H groups in total. The van der Waals surface area contributed by atoms with E-state index in [1.165, 1.54) is 12.1 Å². The summed E-state index contributed by atoms with van der Waals surface area (Å²) in [6, 6.07) is 4.36. The van der Waals surface area contributed by atoms with Gasteiger partial charge >= 0.3 is 0 Å². The third kappa shape index (κ3) is 2.04. The van der Waals surface area contributed by atoms with E-state index in [1.54, 1.807) is 13.2 Å². The highest BCUT2D eigenvalue weighted by Crippen LogP contribution is 2.48. The van der Waals surface area contributed by atoms with Gasteiger partial charge in [0.25, 0.3) is 0 Å². The Morgan fingerprint density at radius 2 is 2.29 bits per heavy atom. The highest BCUT2D eigenvalue weighted by atomic mass is 19.1. The number of hydrogen-bond donors (Lipinski definition) is 1. The second-order valence-electron chi connectivity index (χ2n) is 4.77. The van der Waals surface area contributed by atoms with Crippen molar-refractivity contribution in [2.45, 2.75) is 38.2 Å². The van der Waals surface area contributed by atoms with E-state index in [1.807, 2.05) is 0 Å². The fraction of sp³-hybridized carbons (Fsp3) is 0.571. The highest BCUT2D eigenvalue weighted by molar-refractivity contribution is 5.39. The van der Waals surface area contributed by atoms with Gasteiger partial charge in [0, 0.05) is 5.56 Å². The Hall–Kier alpha value is -1.09. The lowest BCUT2D eigenvalue weighted by atomic mass is 9.82. The van der Waals surface area contributed by atoms with Gasteiger partial charge in [0.15, 0.2) is 0 Å². The predicted octanol–water partition coefficient (Wildman–Crippen LogP) is 3.23. The van der Waals surface area contributed by atoms with E-state index in [-0.39, 0.29) is 11.7 Å². The van der Waals surface area contributed by atoms with Crippen molar-refractivity contribution in [3.8, 4) is 5.75 Å². The maximum Gasteiger partial charge on any atom is 0.125 e. The van der Waals surface area contributed by atoms with E-state index in [4.69, 9.17) is 4.74 Å². The summed E-state index contributed by atoms with van der Waals surface area (Å²) in [5.74, 6) is 0.448. The van der Waals surface area contributed by atoms with Crippen LogP contribution >= 0.6 is 0 Å². The fourth-order valence-electron chi connectivity index (χ4n) is 2.98. The van der Waals surface area contributed by atoms with E-state index in [9.17, 15) is 9.50 Å². The third-order valence-electron chi connectivity index (χ3n) is 3.91. The lowest BCUT2D eigenvalue weighted by molar-refractivity contribution is -0.00611. The van der Waals surface area contributed by atoms with Crippen molar-refractivity contribution in [2.75, 3.05) is 7.11 Å². The Morgan fingerprint density at radius 1 is 1.53 bits per heavy atom. The molecule has 0 bridgehead atoms. The fourth-order valence-corrected chi connectivity index (χ4v) is 2.98. The lowest BCUT2D eigenvalue weighted by Crippen LogP contribution is -2.30. The van der Waals surface area contributed by atoms with Crippen molar-refractivity contribution in [2.24, 2.45) is 5.92 Å². The summed E-state index contributed by atoms with van der Waals surface area (Å²) in [6.45, 7) is 2.06. The second kappa shape index (κ2) is 4.65. The van der Waals surface area contributed by atoms with Crippen molar-refractivity contribution in [3.63, 3.8) is 0 Å². The Kier molecular flexibility index (Phi) is 3.38. The van der Waals surface area contributed by atoms with Crippen LogP contribution in [0.25, 0.3) is 0 Å². The van der Waals surface area contributed by atoms with Crippen LogP contribution in [0.3, 0.4) is 0 Å². The SMILES string of the molecule is CCC1CCCC1(O)c1cc(F)ccc1OC. The van der Waals surface area contributed by atoms with Crippen LogP contribution < -0.4 is 4.74 Å². The first kappa shape index (κ1) is 12.4. The minimum Gasteiger partial charge on any atom is -0.496 e. The van der Waals surface area contributed by atoms with Gasteiger partial charge in [-0.1, -0.05) is 13.3 Å². The van der Waals surface area contributed by atoms with Crippen LogP contribution in [0.15, 0.2) is 18.2 Å². The van der Waals surface area contributed by atoms with Crippen molar-refractivity contribution >= 4 is 0 Å². The number of aliphatic hydroxyl groups is 1. The first-order valence-electron chi connectivity index (χ1n) is 6.18. The van der Waals surface area contributed by atoms with Crippen LogP contribution in [0.2, 0.25) is 0 Å². The summed E-state index contributed by atoms with van der Waals surface area (Å²) in [7, 11) is 1.55. The van der Waals surface area contributed by atoms with E-state index < -0.39 is 5.60 Å². The molecule has 1 saturated carbocycles. The van der Waals surface area contributed by atoms with Gasteiger partial charge in [0.2, 0.25) is 0 Å². The molecule has 0 saturated heterocycles. The first-order valence-corrected chi connectivity index (χ1v) is 6.18. The molecule has 0 heterocycles. The monoisotopic (exact) mass is 238 g/mol. The maximum absolute atomic E-state index is 13.4. The minimum atomic E-state index is -0.928. The van der Waals surface area contributed by atoms with Gasteiger partial charge in [-0.25, -0.2) is 4.39 Å². The van der Waals surface area contributed by atoms with Crippen LogP contribution in [0.1, 0.15) is 38.2 Å². The Balaban J connectivity index is 2.47. The summed E-state index contributed by atoms with van der Waals surface area (Å²) in [6.07, 6.45) is 3.56. The molecule has 2 unspecified atom stereocenters. The number of hydrogen-bond acceptors (Lipinski definition) is 2. The smallest absolute Gasteiger partial charge is 0.125 e. The largest absolute Gasteiger partial charge is 0.496 e. The zero-order valence-electron chi connectivity index (χ0n) is 10.4. The topological polar surface area (TPSA) is 29.5 Å². The lowest BCUT2D eigenvalue weighted by Gasteiger charge is -2.31. The summed E-state index contributed by atoms with van der Waals surface area (Å²) < 4.78 is 18.6. The van der Waals surface area contributed by atoms with E-state index >= 15 is 0 Å². The van der Waals surface area contributed by atoms with Gasteiger partial charge in [-0.2, -0.15) is 0 Å². The molecule has 1 aliphatic carbocycles. The number of benzene rings is 1. The molecule has 1 aromatic rings. The minimum absolute atomic E-state index is 0.193. The number of methoxy groups -OCH3 is 1. The summed E-state index contributed by atoms with van der Waals surface area (Å²) in [5, 5.41) is 10.8. The van der Waals surface area contributed by atoms with Crippen LogP contribution in [0.4, 0.5) is 4.39 Å².